The zero-order valence-corrected chi connectivity index (χ0v) is 13.8. The highest BCUT2D eigenvalue weighted by atomic mass is 32.1. The number of nitrogens with zero attached hydrogens (tertiary/aromatic N) is 4. The number of imidazole rings is 1. The number of likely N-dealkylation sites (N-methyl/N-ethyl adjacent to an activating group) is 1. The van der Waals surface area contributed by atoms with Crippen LogP contribution in [0.15, 0.2) is 36.7 Å². The summed E-state index contributed by atoms with van der Waals surface area (Å²) in [6, 6.07) is 8.22. The van der Waals surface area contributed by atoms with E-state index in [0.717, 1.165) is 21.5 Å². The molecule has 7 heteroatoms. The molecule has 0 aliphatic carbocycles. The highest BCUT2D eigenvalue weighted by Gasteiger charge is 2.17. The molecular weight excluding hydrogens is 318 g/mol. The molecule has 0 amide bonds. The second-order valence-corrected chi connectivity index (χ2v) is 6.69. The van der Waals surface area contributed by atoms with E-state index in [2.05, 4.69) is 23.0 Å². The third kappa shape index (κ3) is 3.56. The van der Waals surface area contributed by atoms with Crippen molar-refractivity contribution in [3.05, 3.63) is 47.5 Å². The third-order valence-electron chi connectivity index (χ3n) is 3.91. The van der Waals surface area contributed by atoms with Crippen molar-refractivity contribution in [2.45, 2.75) is 32.5 Å². The van der Waals surface area contributed by atoms with Gasteiger partial charge in [-0.15, -0.1) is 11.3 Å². The first-order chi connectivity index (χ1) is 11.0. The number of fused-ring (bicyclic) bond motifs is 1. The predicted octanol–water partition coefficient (Wildman–Crippen LogP) is 3.95. The Bertz CT molecular complexity index is 750. The maximum absolute atomic E-state index is 12.9. The first kappa shape index (κ1) is 16.0. The Morgan fingerprint density at radius 2 is 2.09 bits per heavy atom. The number of rotatable bonds is 6. The van der Waals surface area contributed by atoms with Crippen molar-refractivity contribution in [3.63, 3.8) is 0 Å². The molecule has 0 aliphatic heterocycles. The fourth-order valence-electron chi connectivity index (χ4n) is 2.44. The molecular formula is C16H18F2N4S. The van der Waals surface area contributed by atoms with Crippen molar-refractivity contribution in [2.24, 2.45) is 0 Å². The summed E-state index contributed by atoms with van der Waals surface area (Å²) in [5, 5.41) is 1.06. The molecule has 2 heterocycles. The van der Waals surface area contributed by atoms with E-state index in [9.17, 15) is 8.78 Å². The quantitative estimate of drug-likeness (QED) is 0.683. The number of alkyl halides is 2. The standard InChI is InChI=1S/C16H18F2N4S/c1-11(9-15-20-12-5-3-4-6-13(12)23-15)21(2)10-14-19-7-8-22(14)16(17)18/h3-8,11,16H,9-10H2,1-2H3. The summed E-state index contributed by atoms with van der Waals surface area (Å²) in [5.74, 6) is 0.374. The van der Waals surface area contributed by atoms with Gasteiger partial charge in [0.25, 0.3) is 0 Å². The van der Waals surface area contributed by atoms with Gasteiger partial charge >= 0.3 is 6.55 Å². The second-order valence-electron chi connectivity index (χ2n) is 5.57. The number of benzene rings is 1. The summed E-state index contributed by atoms with van der Waals surface area (Å²) in [6.45, 7) is -0.106. The molecule has 0 bridgehead atoms. The molecule has 0 aliphatic rings. The Labute approximate surface area is 137 Å². The fourth-order valence-corrected chi connectivity index (χ4v) is 3.53. The number of hydrogen-bond donors (Lipinski definition) is 0. The molecule has 2 aromatic heterocycles. The minimum atomic E-state index is -2.56. The van der Waals surface area contributed by atoms with Crippen molar-refractivity contribution < 1.29 is 8.78 Å². The van der Waals surface area contributed by atoms with Crippen molar-refractivity contribution in [2.75, 3.05) is 7.05 Å². The Hall–Kier alpha value is -1.86. The highest BCUT2D eigenvalue weighted by Crippen LogP contribution is 2.23. The van der Waals surface area contributed by atoms with Gasteiger partial charge in [0.1, 0.15) is 5.82 Å². The van der Waals surface area contributed by atoms with Crippen molar-refractivity contribution in [3.8, 4) is 0 Å². The zero-order valence-electron chi connectivity index (χ0n) is 13.0. The Kier molecular flexibility index (Phi) is 4.68. The average molecular weight is 336 g/mol. The molecule has 4 nitrogen and oxygen atoms in total. The second kappa shape index (κ2) is 6.72. The molecule has 1 unspecified atom stereocenters. The summed E-state index contributed by atoms with van der Waals surface area (Å²) in [5.41, 5.74) is 1.01. The van der Waals surface area contributed by atoms with E-state index in [0.29, 0.717) is 12.4 Å². The first-order valence-corrected chi connectivity index (χ1v) is 8.21. The van der Waals surface area contributed by atoms with Crippen LogP contribution in [0.3, 0.4) is 0 Å². The van der Waals surface area contributed by atoms with E-state index < -0.39 is 6.55 Å². The van der Waals surface area contributed by atoms with Crippen LogP contribution in [0.2, 0.25) is 0 Å². The Morgan fingerprint density at radius 1 is 1.30 bits per heavy atom. The van der Waals surface area contributed by atoms with Crippen molar-refractivity contribution in [1.29, 1.82) is 0 Å². The van der Waals surface area contributed by atoms with Crippen LogP contribution in [0.25, 0.3) is 10.2 Å². The summed E-state index contributed by atoms with van der Waals surface area (Å²) in [7, 11) is 1.92. The topological polar surface area (TPSA) is 34.0 Å². The van der Waals surface area contributed by atoms with Crippen LogP contribution < -0.4 is 0 Å². The number of thiazole rings is 1. The smallest absolute Gasteiger partial charge is 0.296 e. The lowest BCUT2D eigenvalue weighted by Crippen LogP contribution is -2.31. The molecule has 3 aromatic rings. The minimum absolute atomic E-state index is 0.179. The number of para-hydroxylation sites is 1. The van der Waals surface area contributed by atoms with Gasteiger partial charge in [-0.3, -0.25) is 9.47 Å². The van der Waals surface area contributed by atoms with E-state index in [1.54, 1.807) is 11.3 Å². The van der Waals surface area contributed by atoms with E-state index >= 15 is 0 Å². The molecule has 122 valence electrons. The van der Waals surface area contributed by atoms with Crippen LogP contribution in [0.5, 0.6) is 0 Å². The summed E-state index contributed by atoms with van der Waals surface area (Å²) >= 11 is 1.68. The molecule has 0 N–H and O–H groups in total. The lowest BCUT2D eigenvalue weighted by atomic mass is 10.2. The van der Waals surface area contributed by atoms with Crippen molar-refractivity contribution >= 4 is 21.6 Å². The molecule has 0 saturated carbocycles. The van der Waals surface area contributed by atoms with Gasteiger partial charge in [0.2, 0.25) is 0 Å². The zero-order chi connectivity index (χ0) is 16.4. The summed E-state index contributed by atoms with van der Waals surface area (Å²) in [4.78, 5) is 10.7. The van der Waals surface area contributed by atoms with Crippen molar-refractivity contribution in [1.82, 2.24) is 19.4 Å². The van der Waals surface area contributed by atoms with Gasteiger partial charge in [0.05, 0.1) is 21.8 Å². The van der Waals surface area contributed by atoms with Gasteiger partial charge in [-0.05, 0) is 26.1 Å². The van der Waals surface area contributed by atoms with Gasteiger partial charge in [0.15, 0.2) is 0 Å². The number of aromatic nitrogens is 3. The molecule has 1 atom stereocenters. The van der Waals surface area contributed by atoms with Gasteiger partial charge in [-0.1, -0.05) is 12.1 Å². The predicted molar refractivity (Wildman–Crippen MR) is 87.7 cm³/mol. The average Bonchev–Trinajstić information content (AvgIpc) is 3.12. The molecule has 1 aromatic carbocycles. The molecule has 0 spiro atoms. The largest absolute Gasteiger partial charge is 0.319 e. The van der Waals surface area contributed by atoms with Crippen LogP contribution in [0, 0.1) is 0 Å². The molecule has 3 rings (SSSR count). The molecule has 0 radical (unpaired) electrons. The number of halogens is 2. The maximum atomic E-state index is 12.9. The lowest BCUT2D eigenvalue weighted by molar-refractivity contribution is 0.0636. The van der Waals surface area contributed by atoms with E-state index in [4.69, 9.17) is 0 Å². The van der Waals surface area contributed by atoms with Gasteiger partial charge < -0.3 is 0 Å². The SMILES string of the molecule is CC(Cc1nc2ccccc2s1)N(C)Cc1nccn1C(F)F. The Morgan fingerprint density at radius 3 is 2.83 bits per heavy atom. The van der Waals surface area contributed by atoms with Gasteiger partial charge in [-0.2, -0.15) is 8.78 Å². The van der Waals surface area contributed by atoms with Crippen LogP contribution >= 0.6 is 11.3 Å². The lowest BCUT2D eigenvalue weighted by Gasteiger charge is -2.23. The molecule has 0 saturated heterocycles. The van der Waals surface area contributed by atoms with Crippen LogP contribution in [-0.2, 0) is 13.0 Å². The van der Waals surface area contributed by atoms with E-state index in [-0.39, 0.29) is 6.04 Å². The highest BCUT2D eigenvalue weighted by molar-refractivity contribution is 7.18. The van der Waals surface area contributed by atoms with Gasteiger partial charge in [0, 0.05) is 24.9 Å². The minimum Gasteiger partial charge on any atom is -0.296 e. The number of hydrogen-bond acceptors (Lipinski definition) is 4. The van der Waals surface area contributed by atoms with Gasteiger partial charge in [-0.25, -0.2) is 9.97 Å². The normalized spacial score (nSPS) is 13.3. The first-order valence-electron chi connectivity index (χ1n) is 7.39. The molecule has 0 fully saturated rings. The van der Waals surface area contributed by atoms with Crippen LogP contribution in [0.4, 0.5) is 8.78 Å². The maximum Gasteiger partial charge on any atom is 0.319 e. The van der Waals surface area contributed by atoms with E-state index in [1.807, 2.05) is 30.1 Å². The van der Waals surface area contributed by atoms with Crippen LogP contribution in [-0.4, -0.2) is 32.5 Å². The molecule has 23 heavy (non-hydrogen) atoms. The summed E-state index contributed by atoms with van der Waals surface area (Å²) < 4.78 is 27.8. The third-order valence-corrected chi connectivity index (χ3v) is 4.97. The summed E-state index contributed by atoms with van der Waals surface area (Å²) in [6.07, 6.45) is 3.50. The van der Waals surface area contributed by atoms with E-state index in [1.165, 1.54) is 17.1 Å². The fraction of sp³-hybridized carbons (Fsp3) is 0.375. The monoisotopic (exact) mass is 336 g/mol. The Balaban J connectivity index is 1.67. The van der Waals surface area contributed by atoms with Crippen LogP contribution in [0.1, 0.15) is 24.3 Å².